The summed E-state index contributed by atoms with van der Waals surface area (Å²) in [5.41, 5.74) is 3.53. The third-order valence-corrected chi connectivity index (χ3v) is 8.54. The largest absolute Gasteiger partial charge is 0.437 e. The molecule has 1 aliphatic heterocycles. The van der Waals surface area contributed by atoms with E-state index in [9.17, 15) is 8.42 Å². The van der Waals surface area contributed by atoms with E-state index in [2.05, 4.69) is 30.3 Å². The van der Waals surface area contributed by atoms with E-state index in [4.69, 9.17) is 16.3 Å². The summed E-state index contributed by atoms with van der Waals surface area (Å²) in [5.74, 6) is 1.40. The second-order valence-corrected chi connectivity index (χ2v) is 11.5. The smallest absolute Gasteiger partial charge is 0.263 e. The first kappa shape index (κ1) is 25.4. The Morgan fingerprint density at radius 2 is 2.03 bits per heavy atom. The second kappa shape index (κ2) is 11.0. The highest BCUT2D eigenvalue weighted by Gasteiger charge is 2.20. The minimum absolute atomic E-state index is 0.00122. The number of aromatic nitrogens is 3. The first-order valence-corrected chi connectivity index (χ1v) is 14.4. The molecule has 0 bridgehead atoms. The van der Waals surface area contributed by atoms with Crippen LogP contribution in [0.3, 0.4) is 0 Å². The predicted molar refractivity (Wildman–Crippen MR) is 146 cm³/mol. The molecule has 0 saturated carbocycles. The van der Waals surface area contributed by atoms with E-state index in [1.807, 2.05) is 13.0 Å². The summed E-state index contributed by atoms with van der Waals surface area (Å²) in [4.78, 5) is 14.2. The Bertz CT molecular complexity index is 1510. The van der Waals surface area contributed by atoms with Crippen LogP contribution >= 0.6 is 22.9 Å². The number of nitrogens with one attached hydrogen (secondary N) is 3. The first-order chi connectivity index (χ1) is 17.9. The number of anilines is 2. The summed E-state index contributed by atoms with van der Waals surface area (Å²) in [6.07, 6.45) is 3.88. The lowest BCUT2D eigenvalue weighted by atomic mass is 10.1. The third-order valence-electron chi connectivity index (χ3n) is 5.83. The van der Waals surface area contributed by atoms with Crippen molar-refractivity contribution in [3.63, 3.8) is 0 Å². The highest BCUT2D eigenvalue weighted by atomic mass is 35.5. The summed E-state index contributed by atoms with van der Waals surface area (Å²) in [7, 11) is -3.88. The minimum atomic E-state index is -3.88. The zero-order valence-corrected chi connectivity index (χ0v) is 22.3. The summed E-state index contributed by atoms with van der Waals surface area (Å²) < 4.78 is 34.5. The van der Waals surface area contributed by atoms with E-state index in [-0.39, 0.29) is 16.0 Å². The van der Waals surface area contributed by atoms with Gasteiger partial charge in [-0.05, 0) is 56.1 Å². The number of rotatable bonds is 8. The highest BCUT2D eigenvalue weighted by Crippen LogP contribution is 2.37. The lowest BCUT2D eigenvalue weighted by Crippen LogP contribution is -2.38. The predicted octanol–water partition coefficient (Wildman–Crippen LogP) is 5.32. The molecule has 0 radical (unpaired) electrons. The molecule has 0 aliphatic carbocycles. The van der Waals surface area contributed by atoms with Crippen LogP contribution < -0.4 is 20.1 Å². The van der Waals surface area contributed by atoms with Crippen molar-refractivity contribution in [2.45, 2.75) is 30.7 Å². The van der Waals surface area contributed by atoms with Gasteiger partial charge in [0.15, 0.2) is 0 Å². The molecule has 0 unspecified atom stereocenters. The number of aryl methyl sites for hydroxylation is 1. The lowest BCUT2D eigenvalue weighted by Gasteiger charge is -2.23. The fourth-order valence-corrected chi connectivity index (χ4v) is 6.19. The van der Waals surface area contributed by atoms with E-state index in [0.717, 1.165) is 36.4 Å². The van der Waals surface area contributed by atoms with Crippen LogP contribution in [-0.2, 0) is 10.0 Å². The molecule has 1 saturated heterocycles. The van der Waals surface area contributed by atoms with Crippen molar-refractivity contribution in [1.29, 1.82) is 0 Å². The lowest BCUT2D eigenvalue weighted by molar-refractivity contribution is 0.464. The van der Waals surface area contributed by atoms with Gasteiger partial charge in [-0.3, -0.25) is 4.72 Å². The van der Waals surface area contributed by atoms with Gasteiger partial charge in [0.1, 0.15) is 15.5 Å². The maximum Gasteiger partial charge on any atom is 0.263 e. The number of thiazole rings is 1. The SMILES string of the molecule is Cc1ccc(NS(=O)(=O)c2ccccc2Cl)cc1Oc1ncsc1-c1ccnc(N[C@H]2CCCNC2)n1. The molecule has 3 heterocycles. The Kier molecular flexibility index (Phi) is 7.56. The number of ether oxygens (including phenoxy) is 1. The molecule has 12 heteroatoms. The van der Waals surface area contributed by atoms with Crippen LogP contribution in [0, 0.1) is 6.92 Å². The van der Waals surface area contributed by atoms with Crippen LogP contribution in [0.2, 0.25) is 5.02 Å². The second-order valence-electron chi connectivity index (χ2n) is 8.56. The van der Waals surface area contributed by atoms with E-state index in [1.165, 1.54) is 23.5 Å². The van der Waals surface area contributed by atoms with Crippen molar-refractivity contribution in [3.05, 3.63) is 70.8 Å². The molecule has 4 aromatic rings. The summed E-state index contributed by atoms with van der Waals surface area (Å²) >= 11 is 7.50. The Morgan fingerprint density at radius 1 is 1.16 bits per heavy atom. The molecule has 192 valence electrons. The first-order valence-electron chi connectivity index (χ1n) is 11.7. The molecule has 37 heavy (non-hydrogen) atoms. The molecule has 5 rings (SSSR count). The van der Waals surface area contributed by atoms with Crippen LogP contribution in [0.15, 0.2) is 65.1 Å². The Labute approximate surface area is 224 Å². The van der Waals surface area contributed by atoms with Gasteiger partial charge in [-0.2, -0.15) is 0 Å². The topological polar surface area (TPSA) is 118 Å². The zero-order valence-electron chi connectivity index (χ0n) is 19.9. The molecule has 1 atom stereocenters. The molecule has 3 N–H and O–H groups in total. The van der Waals surface area contributed by atoms with Gasteiger partial charge in [0, 0.05) is 24.8 Å². The number of hydrogen-bond acceptors (Lipinski definition) is 9. The van der Waals surface area contributed by atoms with Crippen LogP contribution in [0.25, 0.3) is 10.6 Å². The molecule has 2 aromatic heterocycles. The van der Waals surface area contributed by atoms with Crippen molar-refractivity contribution >= 4 is 44.6 Å². The monoisotopic (exact) mass is 556 g/mol. The number of sulfonamides is 1. The molecule has 1 aliphatic rings. The fraction of sp³-hybridized carbons (Fsp3) is 0.240. The Balaban J connectivity index is 1.36. The maximum absolute atomic E-state index is 12.9. The van der Waals surface area contributed by atoms with Gasteiger partial charge in [-0.15, -0.1) is 11.3 Å². The van der Waals surface area contributed by atoms with Gasteiger partial charge in [-0.25, -0.2) is 23.4 Å². The number of halogens is 1. The molecule has 1 fully saturated rings. The summed E-state index contributed by atoms with van der Waals surface area (Å²) in [5, 5.41) is 6.91. The van der Waals surface area contributed by atoms with Crippen LogP contribution in [-0.4, -0.2) is 42.5 Å². The fourth-order valence-electron chi connectivity index (χ4n) is 3.94. The van der Waals surface area contributed by atoms with Gasteiger partial charge in [0.05, 0.1) is 21.9 Å². The Hall–Kier alpha value is -3.25. The van der Waals surface area contributed by atoms with E-state index in [1.54, 1.807) is 42.0 Å². The molecular formula is C25H25ClN6O3S2. The van der Waals surface area contributed by atoms with Gasteiger partial charge in [0.2, 0.25) is 11.8 Å². The van der Waals surface area contributed by atoms with Crippen molar-refractivity contribution < 1.29 is 13.2 Å². The van der Waals surface area contributed by atoms with Crippen LogP contribution in [0.1, 0.15) is 18.4 Å². The molecule has 2 aromatic carbocycles. The van der Waals surface area contributed by atoms with Crippen LogP contribution in [0.5, 0.6) is 11.6 Å². The van der Waals surface area contributed by atoms with Crippen molar-refractivity contribution in [1.82, 2.24) is 20.3 Å². The standard InChI is InChI=1S/C25H25ClN6O3S2/c1-16-8-9-17(32-37(33,34)22-7-3-2-6-19(22)26)13-21(16)35-24-23(36-15-29-24)20-10-12-28-25(31-20)30-18-5-4-11-27-14-18/h2-3,6-10,12-13,15,18,27,32H,4-5,11,14H2,1H3,(H,28,30,31)/t18-/m0/s1. The van der Waals surface area contributed by atoms with Gasteiger partial charge >= 0.3 is 0 Å². The van der Waals surface area contributed by atoms with E-state index in [0.29, 0.717) is 29.0 Å². The normalized spacial score (nSPS) is 15.8. The van der Waals surface area contributed by atoms with Gasteiger partial charge in [-0.1, -0.05) is 29.8 Å². The van der Waals surface area contributed by atoms with E-state index >= 15 is 0 Å². The maximum atomic E-state index is 12.9. The number of benzene rings is 2. The van der Waals surface area contributed by atoms with E-state index < -0.39 is 10.0 Å². The number of piperidine rings is 1. The molecule has 0 amide bonds. The summed E-state index contributed by atoms with van der Waals surface area (Å²) in [6.45, 7) is 3.78. The minimum Gasteiger partial charge on any atom is -0.437 e. The van der Waals surface area contributed by atoms with Gasteiger partial charge in [0.25, 0.3) is 10.0 Å². The van der Waals surface area contributed by atoms with Crippen LogP contribution in [0.4, 0.5) is 11.6 Å². The third kappa shape index (κ3) is 6.02. The molecule has 0 spiro atoms. The van der Waals surface area contributed by atoms with Crippen molar-refractivity contribution in [3.8, 4) is 22.2 Å². The quantitative estimate of drug-likeness (QED) is 0.267. The van der Waals surface area contributed by atoms with Crippen molar-refractivity contribution in [2.75, 3.05) is 23.1 Å². The van der Waals surface area contributed by atoms with Gasteiger partial charge < -0.3 is 15.4 Å². The average molecular weight is 557 g/mol. The Morgan fingerprint density at radius 3 is 2.84 bits per heavy atom. The number of hydrogen-bond donors (Lipinski definition) is 3. The van der Waals surface area contributed by atoms with Crippen molar-refractivity contribution in [2.24, 2.45) is 0 Å². The highest BCUT2D eigenvalue weighted by molar-refractivity contribution is 7.92. The zero-order chi connectivity index (χ0) is 25.8. The number of nitrogens with zero attached hydrogens (tertiary/aromatic N) is 3. The average Bonchev–Trinajstić information content (AvgIpc) is 3.35. The molecule has 9 nitrogen and oxygen atoms in total. The molecular weight excluding hydrogens is 532 g/mol. The summed E-state index contributed by atoms with van der Waals surface area (Å²) in [6, 6.07) is 13.4.